The summed E-state index contributed by atoms with van der Waals surface area (Å²) in [5.41, 5.74) is 0.341. The van der Waals surface area contributed by atoms with Gasteiger partial charge in [-0.2, -0.15) is 0 Å². The number of pyridine rings is 1. The largest absolute Gasteiger partial charge is 0.444 e. The van der Waals surface area contributed by atoms with Gasteiger partial charge in [0.25, 0.3) is 5.56 Å². The molecule has 0 unspecified atom stereocenters. The van der Waals surface area contributed by atoms with Crippen LogP contribution in [0.2, 0.25) is 0 Å². The van der Waals surface area contributed by atoms with Crippen LogP contribution in [0.3, 0.4) is 0 Å². The zero-order chi connectivity index (χ0) is 14.6. The molecule has 1 aromatic heterocycles. The highest BCUT2D eigenvalue weighted by molar-refractivity contribution is 9.10. The van der Waals surface area contributed by atoms with Crippen molar-refractivity contribution >= 4 is 22.0 Å². The van der Waals surface area contributed by atoms with Gasteiger partial charge in [0.1, 0.15) is 5.60 Å². The molecule has 0 aliphatic heterocycles. The molecule has 1 amide bonds. The van der Waals surface area contributed by atoms with Crippen molar-refractivity contribution in [2.45, 2.75) is 39.8 Å². The summed E-state index contributed by atoms with van der Waals surface area (Å²) in [5.74, 6) is 0. The predicted molar refractivity (Wildman–Crippen MR) is 77.4 cm³/mol. The normalized spacial score (nSPS) is 11.2. The molecule has 0 saturated heterocycles. The van der Waals surface area contributed by atoms with E-state index in [0.29, 0.717) is 17.6 Å². The molecule has 0 fully saturated rings. The van der Waals surface area contributed by atoms with E-state index in [-0.39, 0.29) is 5.56 Å². The van der Waals surface area contributed by atoms with Gasteiger partial charge in [-0.15, -0.1) is 0 Å². The number of alkyl carbamates (subject to hydrolysis) is 1. The number of aryl methyl sites for hydroxylation is 1. The van der Waals surface area contributed by atoms with Crippen LogP contribution in [0, 0.1) is 6.92 Å². The van der Waals surface area contributed by atoms with E-state index < -0.39 is 11.7 Å². The Bertz CT molecular complexity index is 518. The van der Waals surface area contributed by atoms with Crippen molar-refractivity contribution in [1.82, 2.24) is 9.88 Å². The van der Waals surface area contributed by atoms with Gasteiger partial charge in [-0.05, 0) is 55.3 Å². The molecule has 6 heteroatoms. The molecule has 5 nitrogen and oxygen atoms in total. The topological polar surface area (TPSA) is 60.3 Å². The van der Waals surface area contributed by atoms with E-state index in [2.05, 4.69) is 21.2 Å². The van der Waals surface area contributed by atoms with Gasteiger partial charge in [0.05, 0.1) is 4.47 Å². The lowest BCUT2D eigenvalue weighted by molar-refractivity contribution is 0.0526. The van der Waals surface area contributed by atoms with Crippen LogP contribution >= 0.6 is 15.9 Å². The maximum atomic E-state index is 11.8. The molecule has 0 aliphatic rings. The summed E-state index contributed by atoms with van der Waals surface area (Å²) < 4.78 is 7.18. The maximum Gasteiger partial charge on any atom is 0.407 e. The van der Waals surface area contributed by atoms with E-state index in [0.717, 1.165) is 5.56 Å². The second-order valence-electron chi connectivity index (χ2n) is 5.29. The van der Waals surface area contributed by atoms with Crippen LogP contribution in [0.15, 0.2) is 21.5 Å². The molecule has 0 aromatic carbocycles. The summed E-state index contributed by atoms with van der Waals surface area (Å²) in [6.45, 7) is 8.04. The molecular weight excluding hydrogens is 312 g/mol. The zero-order valence-electron chi connectivity index (χ0n) is 11.6. The van der Waals surface area contributed by atoms with Crippen LogP contribution < -0.4 is 10.9 Å². The summed E-state index contributed by atoms with van der Waals surface area (Å²) in [6.07, 6.45) is 1.27. The van der Waals surface area contributed by atoms with Crippen molar-refractivity contribution < 1.29 is 9.53 Å². The van der Waals surface area contributed by atoms with E-state index >= 15 is 0 Å². The van der Waals surface area contributed by atoms with Crippen LogP contribution in [0.5, 0.6) is 0 Å². The number of hydrogen-bond acceptors (Lipinski definition) is 3. The van der Waals surface area contributed by atoms with E-state index in [1.54, 1.807) is 37.6 Å². The van der Waals surface area contributed by atoms with Crippen molar-refractivity contribution in [3.63, 3.8) is 0 Å². The summed E-state index contributed by atoms with van der Waals surface area (Å²) in [6, 6.07) is 1.76. The van der Waals surface area contributed by atoms with E-state index in [1.165, 1.54) is 0 Å². The average molecular weight is 331 g/mol. The second-order valence-corrected chi connectivity index (χ2v) is 6.15. The first-order chi connectivity index (χ1) is 8.69. The minimum atomic E-state index is -0.521. The van der Waals surface area contributed by atoms with Crippen molar-refractivity contribution in [3.8, 4) is 0 Å². The Labute approximate surface area is 121 Å². The zero-order valence-corrected chi connectivity index (χ0v) is 13.2. The van der Waals surface area contributed by atoms with Gasteiger partial charge in [-0.1, -0.05) is 0 Å². The van der Waals surface area contributed by atoms with Gasteiger partial charge in [0.15, 0.2) is 0 Å². The van der Waals surface area contributed by atoms with E-state index in [1.807, 2.05) is 6.92 Å². The third-order valence-corrected chi connectivity index (χ3v) is 2.77. The maximum absolute atomic E-state index is 11.8. The number of nitrogens with zero attached hydrogens (tertiary/aromatic N) is 1. The third-order valence-electron chi connectivity index (χ3n) is 2.20. The standard InChI is InChI=1S/C13H19BrN2O3/c1-9-7-10(14)11(17)16(8-9)6-5-15-12(18)19-13(2,3)4/h7-8H,5-6H2,1-4H3,(H,15,18). The number of carbonyl (C=O) groups excluding carboxylic acids is 1. The third kappa shape index (κ3) is 5.46. The van der Waals surface area contributed by atoms with Gasteiger partial charge in [-0.25, -0.2) is 4.79 Å². The Morgan fingerprint density at radius 1 is 1.47 bits per heavy atom. The van der Waals surface area contributed by atoms with E-state index in [4.69, 9.17) is 4.74 Å². The highest BCUT2D eigenvalue weighted by Crippen LogP contribution is 2.07. The first-order valence-corrected chi connectivity index (χ1v) is 6.82. The smallest absolute Gasteiger partial charge is 0.407 e. The monoisotopic (exact) mass is 330 g/mol. The van der Waals surface area contributed by atoms with Crippen molar-refractivity contribution in [1.29, 1.82) is 0 Å². The van der Waals surface area contributed by atoms with Crippen molar-refractivity contribution in [2.24, 2.45) is 0 Å². The number of rotatable bonds is 3. The van der Waals surface area contributed by atoms with Crippen molar-refractivity contribution in [2.75, 3.05) is 6.54 Å². The molecule has 0 aliphatic carbocycles. The minimum Gasteiger partial charge on any atom is -0.444 e. The molecular formula is C13H19BrN2O3. The summed E-state index contributed by atoms with van der Waals surface area (Å²) >= 11 is 3.21. The Balaban J connectivity index is 2.55. The number of hydrogen-bond donors (Lipinski definition) is 1. The number of aromatic nitrogens is 1. The fourth-order valence-electron chi connectivity index (χ4n) is 1.50. The molecule has 0 radical (unpaired) electrons. The minimum absolute atomic E-state index is 0.114. The highest BCUT2D eigenvalue weighted by Gasteiger charge is 2.15. The number of carbonyl (C=O) groups is 1. The molecule has 0 bridgehead atoms. The Hall–Kier alpha value is -1.30. The van der Waals surface area contributed by atoms with Crippen LogP contribution in [0.1, 0.15) is 26.3 Å². The molecule has 1 heterocycles. The lowest BCUT2D eigenvalue weighted by Crippen LogP contribution is -2.35. The van der Waals surface area contributed by atoms with E-state index in [9.17, 15) is 9.59 Å². The van der Waals surface area contributed by atoms with Crippen LogP contribution in [-0.2, 0) is 11.3 Å². The molecule has 1 rings (SSSR count). The molecule has 0 atom stereocenters. The second kappa shape index (κ2) is 6.23. The number of amides is 1. The highest BCUT2D eigenvalue weighted by atomic mass is 79.9. The van der Waals surface area contributed by atoms with Crippen molar-refractivity contribution in [3.05, 3.63) is 32.7 Å². The molecule has 1 aromatic rings. The van der Waals surface area contributed by atoms with Gasteiger partial charge in [-0.3, -0.25) is 4.79 Å². The molecule has 106 valence electrons. The Morgan fingerprint density at radius 2 is 2.11 bits per heavy atom. The molecule has 0 saturated carbocycles. The molecule has 1 N–H and O–H groups in total. The summed E-state index contributed by atoms with van der Waals surface area (Å²) in [7, 11) is 0. The summed E-state index contributed by atoms with van der Waals surface area (Å²) in [4.78, 5) is 23.2. The first kappa shape index (κ1) is 15.8. The predicted octanol–water partition coefficient (Wildman–Crippen LogP) is 2.44. The fraction of sp³-hybridized carbons (Fsp3) is 0.538. The Kier molecular flexibility index (Phi) is 5.17. The summed E-state index contributed by atoms with van der Waals surface area (Å²) in [5, 5.41) is 2.62. The van der Waals surface area contributed by atoms with Gasteiger partial charge >= 0.3 is 6.09 Å². The van der Waals surface area contributed by atoms with Crippen LogP contribution in [0.25, 0.3) is 0 Å². The Morgan fingerprint density at radius 3 is 2.68 bits per heavy atom. The number of nitrogens with one attached hydrogen (secondary N) is 1. The fourth-order valence-corrected chi connectivity index (χ4v) is 2.09. The van der Waals surface area contributed by atoms with Crippen LogP contribution in [-0.4, -0.2) is 22.8 Å². The lowest BCUT2D eigenvalue weighted by atomic mass is 10.2. The first-order valence-electron chi connectivity index (χ1n) is 6.02. The lowest BCUT2D eigenvalue weighted by Gasteiger charge is -2.19. The average Bonchev–Trinajstić information content (AvgIpc) is 2.22. The quantitative estimate of drug-likeness (QED) is 0.925. The number of halogens is 1. The van der Waals surface area contributed by atoms with Crippen LogP contribution in [0.4, 0.5) is 4.79 Å². The van der Waals surface area contributed by atoms with Gasteiger partial charge in [0, 0.05) is 19.3 Å². The number of ether oxygens (including phenoxy) is 1. The van der Waals surface area contributed by atoms with Gasteiger partial charge in [0.2, 0.25) is 0 Å². The van der Waals surface area contributed by atoms with Gasteiger partial charge < -0.3 is 14.6 Å². The molecule has 0 spiro atoms. The SMILES string of the molecule is Cc1cc(Br)c(=O)n(CCNC(=O)OC(C)(C)C)c1. The molecule has 19 heavy (non-hydrogen) atoms.